The second-order valence-electron chi connectivity index (χ2n) is 8.99. The van der Waals surface area contributed by atoms with Gasteiger partial charge in [-0.25, -0.2) is 0 Å². The zero-order valence-electron chi connectivity index (χ0n) is 14.7. The number of aryl methyl sites for hydroxylation is 1. The Labute approximate surface area is 149 Å². The van der Waals surface area contributed by atoms with Gasteiger partial charge in [0.1, 0.15) is 11.5 Å². The average Bonchev–Trinajstić information content (AvgIpc) is 2.73. The van der Waals surface area contributed by atoms with Crippen LogP contribution in [-0.2, 0) is 16.0 Å². The van der Waals surface area contributed by atoms with Gasteiger partial charge in [0.15, 0.2) is 5.78 Å². The highest BCUT2D eigenvalue weighted by Gasteiger charge is 2.53. The summed E-state index contributed by atoms with van der Waals surface area (Å²) in [6.07, 6.45) is 9.45. The smallest absolute Gasteiger partial charge is 0.317 e. The van der Waals surface area contributed by atoms with E-state index in [1.165, 1.54) is 19.3 Å². The summed E-state index contributed by atoms with van der Waals surface area (Å²) in [6.45, 7) is 0. The first kappa shape index (κ1) is 15.6. The van der Waals surface area contributed by atoms with Gasteiger partial charge < -0.3 is 4.74 Å². The van der Waals surface area contributed by atoms with Crippen LogP contribution in [0.15, 0.2) is 24.3 Å². The molecule has 0 saturated heterocycles. The van der Waals surface area contributed by atoms with Gasteiger partial charge in [-0.2, -0.15) is 0 Å². The summed E-state index contributed by atoms with van der Waals surface area (Å²) in [7, 11) is 0. The molecule has 1 atom stereocenters. The molecule has 4 saturated carbocycles. The highest BCUT2D eigenvalue weighted by atomic mass is 16.6. The summed E-state index contributed by atoms with van der Waals surface area (Å²) < 4.78 is 6.17. The molecule has 3 heteroatoms. The molecule has 4 fully saturated rings. The quantitative estimate of drug-likeness (QED) is 0.458. The van der Waals surface area contributed by atoms with Crippen LogP contribution in [-0.4, -0.2) is 17.4 Å². The summed E-state index contributed by atoms with van der Waals surface area (Å²) in [6, 6.07) is 7.75. The molecule has 0 spiro atoms. The predicted octanol–water partition coefficient (Wildman–Crippen LogP) is 4.33. The number of ketones is 1. The Morgan fingerprint density at radius 1 is 1.00 bits per heavy atom. The van der Waals surface area contributed by atoms with E-state index in [0.29, 0.717) is 6.42 Å². The summed E-state index contributed by atoms with van der Waals surface area (Å²) in [5.74, 6) is 1.35. The number of hydrogen-bond acceptors (Lipinski definition) is 3. The SMILES string of the molecule is O=C(OC12CC3CC(CC(C3)C1)C2)C1CCCc2ccccc2C1=O. The predicted molar refractivity (Wildman–Crippen MR) is 94.2 cm³/mol. The monoisotopic (exact) mass is 338 g/mol. The minimum absolute atomic E-state index is 0.0252. The molecule has 4 bridgehead atoms. The first-order valence-electron chi connectivity index (χ1n) is 9.97. The Morgan fingerprint density at radius 2 is 1.64 bits per heavy atom. The standard InChI is InChI=1S/C22H26O3/c23-20-18-6-2-1-4-17(18)5-3-7-19(20)21(24)25-22-11-14-8-15(12-22)10-16(9-14)13-22/h1-2,4,6,14-16,19H,3,5,7-13H2. The van der Waals surface area contributed by atoms with Crippen molar-refractivity contribution in [1.82, 2.24) is 0 Å². The molecule has 1 aromatic rings. The maximum absolute atomic E-state index is 13.0. The Bertz CT molecular complexity index is 684. The zero-order chi connectivity index (χ0) is 17.0. The maximum Gasteiger partial charge on any atom is 0.317 e. The fourth-order valence-corrected chi connectivity index (χ4v) is 6.46. The van der Waals surface area contributed by atoms with Gasteiger partial charge in [-0.3, -0.25) is 9.59 Å². The van der Waals surface area contributed by atoms with E-state index in [9.17, 15) is 9.59 Å². The molecule has 1 unspecified atom stereocenters. The lowest BCUT2D eigenvalue weighted by molar-refractivity contribution is -0.189. The number of hydrogen-bond donors (Lipinski definition) is 0. The van der Waals surface area contributed by atoms with E-state index in [4.69, 9.17) is 4.74 Å². The molecule has 0 amide bonds. The van der Waals surface area contributed by atoms with Crippen LogP contribution in [0, 0.1) is 23.7 Å². The second-order valence-corrected chi connectivity index (χ2v) is 8.99. The number of carbonyl (C=O) groups excluding carboxylic acids is 2. The third kappa shape index (κ3) is 2.63. The minimum atomic E-state index is -0.600. The van der Waals surface area contributed by atoms with Crippen LogP contribution in [0.2, 0.25) is 0 Å². The number of esters is 1. The van der Waals surface area contributed by atoms with Gasteiger partial charge in [0.2, 0.25) is 0 Å². The molecule has 0 aromatic heterocycles. The Balaban J connectivity index is 1.37. The van der Waals surface area contributed by atoms with E-state index < -0.39 is 5.92 Å². The van der Waals surface area contributed by atoms with Crippen molar-refractivity contribution < 1.29 is 14.3 Å². The molecule has 132 valence electrons. The van der Waals surface area contributed by atoms with Gasteiger partial charge in [0.05, 0.1) is 0 Å². The third-order valence-corrected chi connectivity index (χ3v) is 7.12. The van der Waals surface area contributed by atoms with E-state index in [-0.39, 0.29) is 17.4 Å². The van der Waals surface area contributed by atoms with Gasteiger partial charge in [-0.15, -0.1) is 0 Å². The number of benzene rings is 1. The Kier molecular flexibility index (Phi) is 3.55. The normalized spacial score (nSPS) is 39.0. The summed E-state index contributed by atoms with van der Waals surface area (Å²) in [4.78, 5) is 26.0. The first-order valence-corrected chi connectivity index (χ1v) is 9.97. The van der Waals surface area contributed by atoms with Crippen LogP contribution in [0.4, 0.5) is 0 Å². The Hall–Kier alpha value is -1.64. The van der Waals surface area contributed by atoms with Crippen molar-refractivity contribution in [3.63, 3.8) is 0 Å². The van der Waals surface area contributed by atoms with E-state index in [1.807, 2.05) is 24.3 Å². The summed E-state index contributed by atoms with van der Waals surface area (Å²) >= 11 is 0. The van der Waals surface area contributed by atoms with Crippen LogP contribution in [0.25, 0.3) is 0 Å². The van der Waals surface area contributed by atoms with Crippen molar-refractivity contribution in [1.29, 1.82) is 0 Å². The number of ether oxygens (including phenoxy) is 1. The molecule has 1 aromatic carbocycles. The lowest BCUT2D eigenvalue weighted by Crippen LogP contribution is -2.53. The van der Waals surface area contributed by atoms with Crippen molar-refractivity contribution in [2.45, 2.75) is 63.4 Å². The third-order valence-electron chi connectivity index (χ3n) is 7.12. The fourth-order valence-electron chi connectivity index (χ4n) is 6.46. The van der Waals surface area contributed by atoms with Gasteiger partial charge in [-0.1, -0.05) is 24.3 Å². The lowest BCUT2D eigenvalue weighted by Gasteiger charge is -2.55. The molecule has 25 heavy (non-hydrogen) atoms. The van der Waals surface area contributed by atoms with Crippen molar-refractivity contribution in [3.8, 4) is 0 Å². The van der Waals surface area contributed by atoms with E-state index in [1.54, 1.807) is 0 Å². The van der Waals surface area contributed by atoms with Crippen LogP contribution in [0.5, 0.6) is 0 Å². The topological polar surface area (TPSA) is 43.4 Å². The lowest BCUT2D eigenvalue weighted by atomic mass is 9.54. The largest absolute Gasteiger partial charge is 0.458 e. The number of Topliss-reactive ketones (excluding diaryl/α,β-unsaturated/α-hetero) is 1. The second kappa shape index (κ2) is 5.69. The van der Waals surface area contributed by atoms with Crippen molar-refractivity contribution in [2.75, 3.05) is 0 Å². The van der Waals surface area contributed by atoms with E-state index >= 15 is 0 Å². The molecule has 5 aliphatic rings. The highest BCUT2D eigenvalue weighted by Crippen LogP contribution is 2.57. The molecule has 0 N–H and O–H groups in total. The van der Waals surface area contributed by atoms with Crippen molar-refractivity contribution >= 4 is 11.8 Å². The summed E-state index contributed by atoms with van der Waals surface area (Å²) in [5, 5.41) is 0. The molecule has 5 aliphatic carbocycles. The van der Waals surface area contributed by atoms with Crippen LogP contribution < -0.4 is 0 Å². The molecular weight excluding hydrogens is 312 g/mol. The number of fused-ring (bicyclic) bond motifs is 1. The number of carbonyl (C=O) groups is 2. The maximum atomic E-state index is 13.0. The van der Waals surface area contributed by atoms with Crippen LogP contribution in [0.1, 0.15) is 67.3 Å². The minimum Gasteiger partial charge on any atom is -0.458 e. The van der Waals surface area contributed by atoms with E-state index in [0.717, 1.165) is 61.0 Å². The first-order chi connectivity index (χ1) is 12.1. The van der Waals surface area contributed by atoms with Gasteiger partial charge >= 0.3 is 5.97 Å². The van der Waals surface area contributed by atoms with Crippen LogP contribution >= 0.6 is 0 Å². The highest BCUT2D eigenvalue weighted by molar-refractivity contribution is 6.09. The molecule has 0 heterocycles. The van der Waals surface area contributed by atoms with Gasteiger partial charge in [0, 0.05) is 5.56 Å². The van der Waals surface area contributed by atoms with Crippen LogP contribution in [0.3, 0.4) is 0 Å². The Morgan fingerprint density at radius 3 is 2.32 bits per heavy atom. The molecular formula is C22H26O3. The molecule has 0 aliphatic heterocycles. The molecule has 6 rings (SSSR count). The number of rotatable bonds is 2. The average molecular weight is 338 g/mol. The van der Waals surface area contributed by atoms with Gasteiger partial charge in [-0.05, 0) is 81.1 Å². The zero-order valence-corrected chi connectivity index (χ0v) is 14.7. The molecule has 0 radical (unpaired) electrons. The molecule has 3 nitrogen and oxygen atoms in total. The van der Waals surface area contributed by atoms with E-state index in [2.05, 4.69) is 0 Å². The summed E-state index contributed by atoms with van der Waals surface area (Å²) in [5.41, 5.74) is 1.56. The van der Waals surface area contributed by atoms with Crippen molar-refractivity contribution in [2.24, 2.45) is 23.7 Å². The van der Waals surface area contributed by atoms with Crippen molar-refractivity contribution in [3.05, 3.63) is 35.4 Å². The fraction of sp³-hybridized carbons (Fsp3) is 0.636. The van der Waals surface area contributed by atoms with Gasteiger partial charge in [0.25, 0.3) is 0 Å².